The summed E-state index contributed by atoms with van der Waals surface area (Å²) in [6.45, 7) is 5.82. The molecule has 0 saturated heterocycles. The van der Waals surface area contributed by atoms with Crippen LogP contribution in [0.3, 0.4) is 0 Å². The standard InChI is InChI=1S/C17H18ClN7O/c1-10(2)14(21-23-19)16-20-15-13(18)11(3)22-25(15)17(26)24(16)9-12-7-5-4-6-8-12/h4-8,10,14H,9H2,1-3H3. The third-order valence-corrected chi connectivity index (χ3v) is 4.57. The van der Waals surface area contributed by atoms with Crippen molar-refractivity contribution in [3.05, 3.63) is 73.4 Å². The van der Waals surface area contributed by atoms with Gasteiger partial charge in [-0.3, -0.25) is 4.57 Å². The first-order chi connectivity index (χ1) is 12.4. The molecule has 1 aromatic carbocycles. The molecule has 134 valence electrons. The van der Waals surface area contributed by atoms with E-state index in [1.165, 1.54) is 9.08 Å². The number of benzene rings is 1. The molecule has 0 saturated carbocycles. The molecule has 0 spiro atoms. The van der Waals surface area contributed by atoms with Gasteiger partial charge in [0.05, 0.1) is 18.3 Å². The lowest BCUT2D eigenvalue weighted by Crippen LogP contribution is -2.33. The van der Waals surface area contributed by atoms with Gasteiger partial charge in [-0.05, 0) is 23.9 Å². The number of nitrogens with zero attached hydrogens (tertiary/aromatic N) is 7. The summed E-state index contributed by atoms with van der Waals surface area (Å²) in [5.41, 5.74) is 10.3. The highest BCUT2D eigenvalue weighted by Crippen LogP contribution is 2.26. The summed E-state index contributed by atoms with van der Waals surface area (Å²) in [4.78, 5) is 20.6. The minimum atomic E-state index is -0.604. The number of fused-ring (bicyclic) bond motifs is 1. The van der Waals surface area contributed by atoms with E-state index in [-0.39, 0.29) is 17.3 Å². The van der Waals surface area contributed by atoms with Gasteiger partial charge in [0.15, 0.2) is 5.65 Å². The Morgan fingerprint density at radius 2 is 2.00 bits per heavy atom. The SMILES string of the molecule is Cc1nn2c(=O)n(Cc3ccccc3)c(C(N=[N+]=[N-])C(C)C)nc2c1Cl. The van der Waals surface area contributed by atoms with Crippen molar-refractivity contribution in [3.8, 4) is 0 Å². The molecule has 2 aromatic heterocycles. The molecule has 0 aliphatic heterocycles. The molecule has 3 rings (SSSR count). The second-order valence-corrected chi connectivity index (χ2v) is 6.73. The van der Waals surface area contributed by atoms with Gasteiger partial charge in [0.1, 0.15) is 10.8 Å². The minimum Gasteiger partial charge on any atom is -0.275 e. The second kappa shape index (κ2) is 7.19. The van der Waals surface area contributed by atoms with Gasteiger partial charge in [-0.15, -0.1) is 0 Å². The van der Waals surface area contributed by atoms with Gasteiger partial charge >= 0.3 is 5.69 Å². The van der Waals surface area contributed by atoms with Crippen molar-refractivity contribution in [3.63, 3.8) is 0 Å². The molecule has 0 amide bonds. The van der Waals surface area contributed by atoms with Crippen LogP contribution in [0.25, 0.3) is 16.1 Å². The van der Waals surface area contributed by atoms with Crippen LogP contribution in [0, 0.1) is 12.8 Å². The minimum absolute atomic E-state index is 0.0509. The van der Waals surface area contributed by atoms with Crippen molar-refractivity contribution in [2.24, 2.45) is 11.0 Å². The van der Waals surface area contributed by atoms with Crippen LogP contribution in [-0.4, -0.2) is 19.2 Å². The molecule has 0 bridgehead atoms. The maximum atomic E-state index is 13.1. The summed E-state index contributed by atoms with van der Waals surface area (Å²) in [5, 5.41) is 8.38. The Bertz CT molecular complexity index is 1050. The molecule has 2 heterocycles. The van der Waals surface area contributed by atoms with Gasteiger partial charge < -0.3 is 0 Å². The van der Waals surface area contributed by atoms with Crippen LogP contribution in [0.15, 0.2) is 40.2 Å². The van der Waals surface area contributed by atoms with E-state index in [1.807, 2.05) is 44.2 Å². The third kappa shape index (κ3) is 3.16. The van der Waals surface area contributed by atoms with E-state index in [0.29, 0.717) is 23.1 Å². The topological polar surface area (TPSA) is 101 Å². The molecule has 0 aliphatic carbocycles. The Kier molecular flexibility index (Phi) is 4.97. The van der Waals surface area contributed by atoms with Gasteiger partial charge in [-0.2, -0.15) is 9.61 Å². The van der Waals surface area contributed by atoms with Crippen LogP contribution in [0.1, 0.15) is 37.0 Å². The van der Waals surface area contributed by atoms with Crippen LogP contribution in [-0.2, 0) is 6.54 Å². The summed E-state index contributed by atoms with van der Waals surface area (Å²) in [6, 6.07) is 8.93. The van der Waals surface area contributed by atoms with Crippen molar-refractivity contribution in [1.82, 2.24) is 19.2 Å². The number of aryl methyl sites for hydroxylation is 1. The van der Waals surface area contributed by atoms with Crippen LogP contribution < -0.4 is 5.69 Å². The van der Waals surface area contributed by atoms with Crippen molar-refractivity contribution < 1.29 is 0 Å². The first kappa shape index (κ1) is 18.0. The average Bonchev–Trinajstić information content (AvgIpc) is 2.91. The summed E-state index contributed by atoms with van der Waals surface area (Å²) in [5.74, 6) is 0.325. The maximum Gasteiger partial charge on any atom is 0.352 e. The van der Waals surface area contributed by atoms with E-state index in [4.69, 9.17) is 17.1 Å². The molecule has 0 aliphatic rings. The Morgan fingerprint density at radius 3 is 2.62 bits per heavy atom. The molecular weight excluding hydrogens is 354 g/mol. The number of azide groups is 1. The lowest BCUT2D eigenvalue weighted by Gasteiger charge is -2.20. The summed E-state index contributed by atoms with van der Waals surface area (Å²) >= 11 is 6.26. The first-order valence-electron chi connectivity index (χ1n) is 8.17. The Labute approximate surface area is 154 Å². The van der Waals surface area contributed by atoms with Crippen molar-refractivity contribution >= 4 is 17.2 Å². The molecule has 1 atom stereocenters. The highest BCUT2D eigenvalue weighted by molar-refractivity contribution is 6.34. The van der Waals surface area contributed by atoms with E-state index >= 15 is 0 Å². The summed E-state index contributed by atoms with van der Waals surface area (Å²) in [6.07, 6.45) is 0. The van der Waals surface area contributed by atoms with Crippen molar-refractivity contribution in [1.29, 1.82) is 0 Å². The molecule has 3 aromatic rings. The number of hydrogen-bond acceptors (Lipinski definition) is 4. The summed E-state index contributed by atoms with van der Waals surface area (Å²) in [7, 11) is 0. The fourth-order valence-electron chi connectivity index (χ4n) is 2.79. The van der Waals surface area contributed by atoms with Crippen molar-refractivity contribution in [2.45, 2.75) is 33.4 Å². The average molecular weight is 372 g/mol. The van der Waals surface area contributed by atoms with Gasteiger partial charge in [-0.25, -0.2) is 9.78 Å². The van der Waals surface area contributed by atoms with E-state index in [2.05, 4.69) is 20.1 Å². The monoisotopic (exact) mass is 371 g/mol. The highest BCUT2D eigenvalue weighted by Gasteiger charge is 2.24. The molecule has 1 unspecified atom stereocenters. The fourth-order valence-corrected chi connectivity index (χ4v) is 2.95. The molecule has 26 heavy (non-hydrogen) atoms. The Balaban J connectivity index is 2.31. The zero-order chi connectivity index (χ0) is 18.8. The van der Waals surface area contributed by atoms with Gasteiger partial charge in [0, 0.05) is 4.91 Å². The van der Waals surface area contributed by atoms with E-state index in [9.17, 15) is 4.79 Å². The van der Waals surface area contributed by atoms with Crippen LogP contribution in [0.2, 0.25) is 5.02 Å². The predicted molar refractivity (Wildman–Crippen MR) is 99.3 cm³/mol. The van der Waals surface area contributed by atoms with Gasteiger partial charge in [-0.1, -0.05) is 60.9 Å². The van der Waals surface area contributed by atoms with E-state index < -0.39 is 6.04 Å². The normalized spacial score (nSPS) is 12.3. The molecule has 0 radical (unpaired) electrons. The zero-order valence-electron chi connectivity index (χ0n) is 14.7. The van der Waals surface area contributed by atoms with E-state index in [1.54, 1.807) is 6.92 Å². The molecule has 8 nitrogen and oxygen atoms in total. The van der Waals surface area contributed by atoms with Crippen LogP contribution >= 0.6 is 11.6 Å². The zero-order valence-corrected chi connectivity index (χ0v) is 15.4. The highest BCUT2D eigenvalue weighted by atomic mass is 35.5. The fraction of sp³-hybridized carbons (Fsp3) is 0.353. The van der Waals surface area contributed by atoms with Gasteiger partial charge in [0.25, 0.3) is 0 Å². The lowest BCUT2D eigenvalue weighted by atomic mass is 10.0. The van der Waals surface area contributed by atoms with Gasteiger partial charge in [0.2, 0.25) is 0 Å². The first-order valence-corrected chi connectivity index (χ1v) is 8.55. The van der Waals surface area contributed by atoms with Crippen LogP contribution in [0.5, 0.6) is 0 Å². The summed E-state index contributed by atoms with van der Waals surface area (Å²) < 4.78 is 2.68. The Morgan fingerprint density at radius 1 is 1.31 bits per heavy atom. The quantitative estimate of drug-likeness (QED) is 0.386. The lowest BCUT2D eigenvalue weighted by molar-refractivity contribution is 0.452. The van der Waals surface area contributed by atoms with E-state index in [0.717, 1.165) is 5.56 Å². The third-order valence-electron chi connectivity index (χ3n) is 4.13. The predicted octanol–water partition coefficient (Wildman–Crippen LogP) is 3.91. The smallest absolute Gasteiger partial charge is 0.275 e. The largest absolute Gasteiger partial charge is 0.352 e. The number of aromatic nitrogens is 4. The number of hydrogen-bond donors (Lipinski definition) is 0. The Hall–Kier alpha value is -2.83. The molecular formula is C17H18ClN7O. The van der Waals surface area contributed by atoms with Crippen molar-refractivity contribution in [2.75, 3.05) is 0 Å². The number of rotatable bonds is 5. The molecule has 0 N–H and O–H groups in total. The molecule has 9 heteroatoms. The maximum absolute atomic E-state index is 13.1. The number of halogens is 1. The molecule has 0 fully saturated rings. The second-order valence-electron chi connectivity index (χ2n) is 6.35. The van der Waals surface area contributed by atoms with Crippen LogP contribution in [0.4, 0.5) is 0 Å².